The third kappa shape index (κ3) is 1.57. The van der Waals surface area contributed by atoms with Gasteiger partial charge in [0.1, 0.15) is 0 Å². The molecule has 2 saturated heterocycles. The van der Waals surface area contributed by atoms with Crippen LogP contribution in [0.15, 0.2) is 12.2 Å². The number of amides is 1. The second kappa shape index (κ2) is 4.11. The number of carbonyl (C=O) groups excluding carboxylic acids is 1. The minimum Gasteiger partial charge on any atom is -0.338 e. The highest BCUT2D eigenvalue weighted by molar-refractivity contribution is 5.80. The lowest BCUT2D eigenvalue weighted by Gasteiger charge is -2.22. The summed E-state index contributed by atoms with van der Waals surface area (Å²) < 4.78 is 0. The predicted molar refractivity (Wildman–Crippen MR) is 73.2 cm³/mol. The lowest BCUT2D eigenvalue weighted by Crippen LogP contribution is -2.33. The normalized spacial score (nSPS) is 41.6. The fourth-order valence-corrected chi connectivity index (χ4v) is 4.32. The predicted octanol–water partition coefficient (Wildman–Crippen LogP) is 3.52. The van der Waals surface area contributed by atoms with Crippen molar-refractivity contribution in [2.24, 2.45) is 10.8 Å². The number of hydrogen-bond donors (Lipinski definition) is 0. The van der Waals surface area contributed by atoms with Crippen molar-refractivity contribution < 1.29 is 4.79 Å². The molecular formula is C16H25NO. The van der Waals surface area contributed by atoms with E-state index in [1.165, 1.54) is 32.1 Å². The topological polar surface area (TPSA) is 20.3 Å². The molecule has 1 amide bonds. The molecule has 0 aromatic heterocycles. The molecular weight excluding hydrogens is 222 g/mol. The Bertz CT molecular complexity index is 389. The summed E-state index contributed by atoms with van der Waals surface area (Å²) in [6.07, 6.45) is 13.2. The van der Waals surface area contributed by atoms with Gasteiger partial charge in [0.25, 0.3) is 0 Å². The molecule has 18 heavy (non-hydrogen) atoms. The van der Waals surface area contributed by atoms with Gasteiger partial charge in [-0.05, 0) is 31.1 Å². The summed E-state index contributed by atoms with van der Waals surface area (Å²) in [4.78, 5) is 14.0. The van der Waals surface area contributed by atoms with Crippen LogP contribution >= 0.6 is 0 Å². The molecule has 0 unspecified atom stereocenters. The van der Waals surface area contributed by atoms with E-state index in [2.05, 4.69) is 30.9 Å². The first-order valence-electron chi connectivity index (χ1n) is 7.60. The number of carbonyl (C=O) groups is 1. The highest BCUT2D eigenvalue weighted by Gasteiger charge is 2.73. The number of rotatable bonds is 5. The Kier molecular flexibility index (Phi) is 2.80. The average molecular weight is 247 g/mol. The van der Waals surface area contributed by atoms with Crippen molar-refractivity contribution in [2.75, 3.05) is 6.54 Å². The van der Waals surface area contributed by atoms with Gasteiger partial charge in [-0.15, -0.1) is 0 Å². The molecule has 1 saturated carbocycles. The van der Waals surface area contributed by atoms with Gasteiger partial charge in [-0.2, -0.15) is 0 Å². The van der Waals surface area contributed by atoms with Crippen LogP contribution in [0, 0.1) is 10.8 Å². The lowest BCUT2D eigenvalue weighted by atomic mass is 9.90. The quantitative estimate of drug-likeness (QED) is 0.537. The third-order valence-electron chi connectivity index (χ3n) is 5.62. The maximum atomic E-state index is 11.8. The molecule has 0 radical (unpaired) electrons. The number of allylic oxidation sites excluding steroid dienone is 1. The first-order chi connectivity index (χ1) is 8.63. The van der Waals surface area contributed by atoms with Crippen molar-refractivity contribution >= 4 is 5.91 Å². The molecule has 3 rings (SSSR count). The highest BCUT2D eigenvalue weighted by atomic mass is 16.2. The van der Waals surface area contributed by atoms with Gasteiger partial charge in [0.2, 0.25) is 5.91 Å². The van der Waals surface area contributed by atoms with E-state index >= 15 is 0 Å². The summed E-state index contributed by atoms with van der Waals surface area (Å²) in [5.41, 5.74) is 0.750. The fraction of sp³-hybridized carbons (Fsp3) is 0.812. The lowest BCUT2D eigenvalue weighted by molar-refractivity contribution is -0.128. The zero-order chi connectivity index (χ0) is 12.8. The van der Waals surface area contributed by atoms with Crippen molar-refractivity contribution in [3.8, 4) is 0 Å². The van der Waals surface area contributed by atoms with Crippen LogP contribution in [0.25, 0.3) is 0 Å². The van der Waals surface area contributed by atoms with E-state index in [0.29, 0.717) is 22.8 Å². The number of hydrogen-bond acceptors (Lipinski definition) is 1. The minimum absolute atomic E-state index is 0.347. The molecule has 2 nitrogen and oxygen atoms in total. The fourth-order valence-electron chi connectivity index (χ4n) is 4.32. The van der Waals surface area contributed by atoms with Gasteiger partial charge >= 0.3 is 0 Å². The Morgan fingerprint density at radius 1 is 1.44 bits per heavy atom. The van der Waals surface area contributed by atoms with Gasteiger partial charge < -0.3 is 4.90 Å². The maximum absolute atomic E-state index is 11.8. The van der Waals surface area contributed by atoms with Crippen LogP contribution in [-0.2, 0) is 4.79 Å². The van der Waals surface area contributed by atoms with Crippen LogP contribution in [0.3, 0.4) is 0 Å². The molecule has 1 aliphatic carbocycles. The van der Waals surface area contributed by atoms with Gasteiger partial charge in [-0.1, -0.05) is 38.8 Å². The van der Waals surface area contributed by atoms with Gasteiger partial charge in [0.15, 0.2) is 0 Å². The van der Waals surface area contributed by atoms with Gasteiger partial charge in [0, 0.05) is 24.4 Å². The zero-order valence-electron chi connectivity index (χ0n) is 11.7. The van der Waals surface area contributed by atoms with E-state index in [1.807, 2.05) is 0 Å². The second-order valence-electron chi connectivity index (χ2n) is 6.72. The van der Waals surface area contributed by atoms with E-state index in [9.17, 15) is 4.79 Å². The van der Waals surface area contributed by atoms with Gasteiger partial charge in [0.05, 0.1) is 0 Å². The van der Waals surface area contributed by atoms with E-state index < -0.39 is 0 Å². The third-order valence-corrected chi connectivity index (χ3v) is 5.62. The van der Waals surface area contributed by atoms with Crippen LogP contribution in [0.5, 0.6) is 0 Å². The minimum atomic E-state index is 0.347. The van der Waals surface area contributed by atoms with E-state index in [1.54, 1.807) is 0 Å². The summed E-state index contributed by atoms with van der Waals surface area (Å²) in [5.74, 6) is 0.396. The Hall–Kier alpha value is -0.790. The largest absolute Gasteiger partial charge is 0.338 e. The molecule has 0 N–H and O–H groups in total. The molecule has 3 fully saturated rings. The SMILES string of the molecule is CCCCC/C=C/[C@]12CN3C(=O)CC[C@H]3[C@@]1(C)C2. The molecule has 0 bridgehead atoms. The van der Waals surface area contributed by atoms with E-state index in [0.717, 1.165) is 19.4 Å². The molecule has 3 aliphatic rings. The molecule has 2 heteroatoms. The Morgan fingerprint density at radius 2 is 2.28 bits per heavy atom. The summed E-state index contributed by atoms with van der Waals surface area (Å²) >= 11 is 0. The van der Waals surface area contributed by atoms with E-state index in [4.69, 9.17) is 0 Å². The number of piperidine rings is 1. The summed E-state index contributed by atoms with van der Waals surface area (Å²) in [6, 6.07) is 0.547. The monoisotopic (exact) mass is 247 g/mol. The van der Waals surface area contributed by atoms with Crippen molar-refractivity contribution in [1.29, 1.82) is 0 Å². The first-order valence-corrected chi connectivity index (χ1v) is 7.60. The van der Waals surface area contributed by atoms with Crippen LogP contribution < -0.4 is 0 Å². The first kappa shape index (κ1) is 12.3. The van der Waals surface area contributed by atoms with Crippen LogP contribution in [0.4, 0.5) is 0 Å². The average Bonchev–Trinajstić information content (AvgIpc) is 2.64. The van der Waals surface area contributed by atoms with Crippen LogP contribution in [-0.4, -0.2) is 23.4 Å². The molecule has 3 atom stereocenters. The smallest absolute Gasteiger partial charge is 0.222 e. The zero-order valence-corrected chi connectivity index (χ0v) is 11.7. The number of fused-ring (bicyclic) bond motifs is 3. The maximum Gasteiger partial charge on any atom is 0.222 e. The number of nitrogens with zero attached hydrogens (tertiary/aromatic N) is 1. The van der Waals surface area contributed by atoms with Gasteiger partial charge in [-0.25, -0.2) is 0 Å². The highest BCUT2D eigenvalue weighted by Crippen LogP contribution is 2.73. The van der Waals surface area contributed by atoms with E-state index in [-0.39, 0.29) is 0 Å². The molecule has 2 aliphatic heterocycles. The van der Waals surface area contributed by atoms with Crippen molar-refractivity contribution in [3.05, 3.63) is 12.2 Å². The second-order valence-corrected chi connectivity index (χ2v) is 6.72. The molecule has 0 spiro atoms. The van der Waals surface area contributed by atoms with Crippen LogP contribution in [0.1, 0.15) is 58.8 Å². The van der Waals surface area contributed by atoms with Crippen LogP contribution in [0.2, 0.25) is 0 Å². The van der Waals surface area contributed by atoms with Gasteiger partial charge in [-0.3, -0.25) is 4.79 Å². The number of unbranched alkanes of at least 4 members (excludes halogenated alkanes) is 3. The molecule has 0 aromatic carbocycles. The summed E-state index contributed by atoms with van der Waals surface area (Å²) in [5, 5.41) is 0. The molecule has 0 aromatic rings. The Labute approximate surface area is 110 Å². The molecule has 100 valence electrons. The Balaban J connectivity index is 1.63. The summed E-state index contributed by atoms with van der Waals surface area (Å²) in [7, 11) is 0. The van der Waals surface area contributed by atoms with Crippen molar-refractivity contribution in [1.82, 2.24) is 4.90 Å². The summed E-state index contributed by atoms with van der Waals surface area (Å²) in [6.45, 7) is 5.64. The van der Waals surface area contributed by atoms with Crippen molar-refractivity contribution in [2.45, 2.75) is 64.8 Å². The van der Waals surface area contributed by atoms with Crippen molar-refractivity contribution in [3.63, 3.8) is 0 Å². The standard InChI is InChI=1S/C16H25NO/c1-3-4-5-6-7-10-16-11-15(16,2)13-8-9-14(18)17(13)12-16/h7,10,13H,3-6,8-9,11-12H2,1-2H3/b10-7+/t13-,15+,16-/m0/s1. The Morgan fingerprint density at radius 3 is 3.00 bits per heavy atom. The molecule has 2 heterocycles.